The van der Waals surface area contributed by atoms with Crippen molar-refractivity contribution in [2.45, 2.75) is 145 Å². The zero-order valence-electron chi connectivity index (χ0n) is 53.2. The fraction of sp³-hybridized carbons (Fsp3) is 0.465. The minimum atomic E-state index is -0.0873. The molecule has 0 radical (unpaired) electrons. The summed E-state index contributed by atoms with van der Waals surface area (Å²) in [4.78, 5) is 65.7. The van der Waals surface area contributed by atoms with Crippen LogP contribution in [0.15, 0.2) is 104 Å². The Morgan fingerprint density at radius 1 is 0.560 bits per heavy atom. The molecule has 0 saturated carbocycles. The average Bonchev–Trinajstić information content (AvgIpc) is 1.73. The average molecular weight is 1240 g/mol. The van der Waals surface area contributed by atoms with E-state index in [4.69, 9.17) is 46.2 Å². The number of rotatable bonds is 12. The Morgan fingerprint density at radius 2 is 1.22 bits per heavy atom. The van der Waals surface area contributed by atoms with E-state index in [-0.39, 0.29) is 66.0 Å². The summed E-state index contributed by atoms with van der Waals surface area (Å²) in [5.74, 6) is 1.83. The Bertz CT molecular complexity index is 4230. The number of pyridine rings is 6. The van der Waals surface area contributed by atoms with Crippen molar-refractivity contribution in [2.24, 2.45) is 0 Å². The van der Waals surface area contributed by atoms with Crippen LogP contribution < -0.4 is 20.9 Å². The maximum absolute atomic E-state index is 12.9. The predicted molar refractivity (Wildman–Crippen MR) is 353 cm³/mol. The van der Waals surface area contributed by atoms with E-state index in [1.807, 2.05) is 48.4 Å². The Kier molecular flexibility index (Phi) is 16.2. The van der Waals surface area contributed by atoms with E-state index in [1.54, 1.807) is 13.3 Å². The lowest BCUT2D eigenvalue weighted by atomic mass is 9.91. The zero-order valence-corrected chi connectivity index (χ0v) is 53.9. The van der Waals surface area contributed by atoms with Crippen LogP contribution in [0.3, 0.4) is 0 Å². The standard InChI is InChI=1S/C71H83ClN16O3/c1-42-29-47(36-74-68(42)54-14-7-12-52(76-54)58-39-86-61(16-9-17-63(86)79-58)44-22-24-83(4)67(90)33-44)46-31-62(45-18-21-66(89)84(5)38-45)87-40-59(80-64(87)32-46)53-13-8-15-55(77-53)69-43(2)30-48(37-75-69)50-19-20-65(85-27-25-82(3)26-28-85)88-41-60(81-71(50)88)56-34-49(91-6)35-57(78-56)70-51(72)11-10-23-73-70/h9-11,16-17,19-20,23,29-32,36-37,39-41,44-45,49,52-57,76-78H,7-8,12-15,18,21-22,24-28,33-35,38H2,1-6H3/t44?,45?,49-,52-,53-,54+,55+,56-,57+/m1/s1. The van der Waals surface area contributed by atoms with Crippen LogP contribution in [0.1, 0.15) is 182 Å². The van der Waals surface area contributed by atoms with Gasteiger partial charge in [0.05, 0.1) is 81.5 Å². The molecule has 6 aliphatic rings. The number of halogens is 1. The van der Waals surface area contributed by atoms with Crippen molar-refractivity contribution in [1.29, 1.82) is 0 Å². The van der Waals surface area contributed by atoms with Crippen LogP contribution in [0.2, 0.25) is 5.02 Å². The number of hydrogen-bond donors (Lipinski definition) is 3. The molecule has 9 atom stereocenters. The van der Waals surface area contributed by atoms with Gasteiger partial charge in [0.1, 0.15) is 22.8 Å². The first-order chi connectivity index (χ1) is 44.3. The first-order valence-electron chi connectivity index (χ1n) is 33.1. The normalized spacial score (nSPS) is 25.6. The highest BCUT2D eigenvalue weighted by atomic mass is 35.5. The number of carbonyl (C=O) groups excluding carboxylic acids is 2. The maximum Gasteiger partial charge on any atom is 0.222 e. The molecule has 0 aliphatic carbocycles. The van der Waals surface area contributed by atoms with Gasteiger partial charge in [-0.25, -0.2) is 15.0 Å². The van der Waals surface area contributed by atoms with Crippen molar-refractivity contribution >= 4 is 46.2 Å². The molecule has 2 unspecified atom stereocenters. The summed E-state index contributed by atoms with van der Waals surface area (Å²) >= 11 is 6.75. The van der Waals surface area contributed by atoms with E-state index in [9.17, 15) is 9.59 Å². The summed E-state index contributed by atoms with van der Waals surface area (Å²) in [5, 5.41) is 12.5. The number of likely N-dealkylation sites (N-methyl/N-ethyl adjacent to an activating group) is 2. The molecule has 91 heavy (non-hydrogen) atoms. The number of carbonyl (C=O) groups is 2. The summed E-state index contributed by atoms with van der Waals surface area (Å²) in [6, 6.07) is 23.7. The third kappa shape index (κ3) is 11.6. The molecule has 6 saturated heterocycles. The van der Waals surface area contributed by atoms with Crippen LogP contribution in [0.25, 0.3) is 39.2 Å². The maximum atomic E-state index is 12.9. The number of nitrogens with one attached hydrogen (secondary N) is 3. The number of hydrogen-bond acceptors (Lipinski definition) is 14. The minimum Gasteiger partial charge on any atom is -0.381 e. The van der Waals surface area contributed by atoms with Crippen LogP contribution in [0, 0.1) is 13.8 Å². The Balaban J connectivity index is 0.692. The number of ether oxygens (including phenoxy) is 1. The highest BCUT2D eigenvalue weighted by Crippen LogP contribution is 2.42. The van der Waals surface area contributed by atoms with E-state index in [2.05, 4.69) is 133 Å². The van der Waals surface area contributed by atoms with Gasteiger partial charge >= 0.3 is 0 Å². The molecule has 15 rings (SSSR count). The quantitative estimate of drug-likeness (QED) is 0.105. The molecule has 0 aromatic carbocycles. The number of imidazole rings is 3. The molecule has 0 spiro atoms. The number of likely N-dealkylation sites (tertiary alicyclic amines) is 2. The van der Waals surface area contributed by atoms with Crippen LogP contribution in [0.5, 0.6) is 0 Å². The lowest BCUT2D eigenvalue weighted by molar-refractivity contribution is -0.133. The summed E-state index contributed by atoms with van der Waals surface area (Å²) in [6.07, 6.45) is 22.8. The molecule has 15 heterocycles. The van der Waals surface area contributed by atoms with Gasteiger partial charge in [0.15, 0.2) is 0 Å². The SMILES string of the molecule is CO[C@H]1C[C@@H](c2ncccc2Cl)N[C@@H](c2cn3c(N4CCN(C)CC4)ccc(-c4cnc([C@@H]5CCC[C@H](c6cn7c(C8CCC(=O)N(C)C8)cc(-c8cnc([C@@H]9CCC[C@H](c%10cn%11c(C%12CCN(C)C(=O)C%12)cccc%11n%10)N9)c(C)c8)cc7n6)N5)c(C)c4)c3n2)C1. The third-order valence-electron chi connectivity index (χ3n) is 21.0. The largest absolute Gasteiger partial charge is 0.381 e. The first kappa shape index (κ1) is 59.6. The number of piperidine rings is 5. The number of fused-ring (bicyclic) bond motifs is 3. The highest BCUT2D eigenvalue weighted by Gasteiger charge is 2.36. The van der Waals surface area contributed by atoms with Crippen molar-refractivity contribution in [1.82, 2.24) is 73.8 Å². The van der Waals surface area contributed by atoms with Gasteiger partial charge in [0.25, 0.3) is 0 Å². The Morgan fingerprint density at radius 3 is 1.92 bits per heavy atom. The summed E-state index contributed by atoms with van der Waals surface area (Å²) in [7, 11) is 7.80. The van der Waals surface area contributed by atoms with Gasteiger partial charge in [-0.2, -0.15) is 0 Å². The number of methoxy groups -OCH3 is 1. The van der Waals surface area contributed by atoms with E-state index in [1.165, 1.54) is 0 Å². The number of anilines is 1. The molecule has 3 N–H and O–H groups in total. The molecule has 6 fully saturated rings. The summed E-state index contributed by atoms with van der Waals surface area (Å²) < 4.78 is 12.9. The molecule has 2 amide bonds. The van der Waals surface area contributed by atoms with E-state index in [0.29, 0.717) is 24.4 Å². The van der Waals surface area contributed by atoms with Crippen molar-refractivity contribution in [2.75, 3.05) is 72.4 Å². The van der Waals surface area contributed by atoms with Gasteiger partial charge in [-0.1, -0.05) is 17.7 Å². The monoisotopic (exact) mass is 1240 g/mol. The molecule has 0 bridgehead atoms. The summed E-state index contributed by atoms with van der Waals surface area (Å²) in [5.41, 5.74) is 17.4. The second-order valence-electron chi connectivity index (χ2n) is 26.9. The number of amides is 2. The smallest absolute Gasteiger partial charge is 0.222 e. The molecular weight excluding hydrogens is 1160 g/mol. The van der Waals surface area contributed by atoms with Gasteiger partial charge in [-0.3, -0.25) is 28.9 Å². The van der Waals surface area contributed by atoms with Crippen LogP contribution in [-0.2, 0) is 14.3 Å². The molecular formula is C71H83ClN16O3. The summed E-state index contributed by atoms with van der Waals surface area (Å²) in [6.45, 7) is 9.65. The minimum absolute atomic E-state index is 0.00707. The molecule has 472 valence electrons. The van der Waals surface area contributed by atoms with E-state index in [0.717, 1.165) is 199 Å². The lowest BCUT2D eigenvalue weighted by Crippen LogP contribution is -2.45. The van der Waals surface area contributed by atoms with Gasteiger partial charge in [0.2, 0.25) is 11.8 Å². The zero-order chi connectivity index (χ0) is 62.2. The van der Waals surface area contributed by atoms with Crippen LogP contribution in [-0.4, -0.2) is 143 Å². The van der Waals surface area contributed by atoms with Crippen molar-refractivity contribution in [3.05, 3.63) is 166 Å². The topological polar surface area (TPSA) is 183 Å². The fourth-order valence-electron chi connectivity index (χ4n) is 15.8. The van der Waals surface area contributed by atoms with Gasteiger partial charge < -0.3 is 49.1 Å². The van der Waals surface area contributed by atoms with Crippen LogP contribution in [0.4, 0.5) is 5.82 Å². The van der Waals surface area contributed by atoms with Gasteiger partial charge in [-0.15, -0.1) is 0 Å². The van der Waals surface area contributed by atoms with Crippen LogP contribution >= 0.6 is 11.6 Å². The second kappa shape index (κ2) is 24.8. The molecule has 9 aromatic rings. The number of aromatic nitrogens is 9. The predicted octanol–water partition coefficient (Wildman–Crippen LogP) is 11.1. The van der Waals surface area contributed by atoms with E-state index >= 15 is 0 Å². The van der Waals surface area contributed by atoms with Crippen molar-refractivity contribution in [3.8, 4) is 22.3 Å². The first-order valence-corrected chi connectivity index (χ1v) is 33.4. The third-order valence-corrected chi connectivity index (χ3v) is 21.3. The van der Waals surface area contributed by atoms with Crippen molar-refractivity contribution < 1.29 is 14.3 Å². The second-order valence-corrected chi connectivity index (χ2v) is 27.3. The lowest BCUT2D eigenvalue weighted by Gasteiger charge is -2.35. The Labute approximate surface area is 537 Å². The molecule has 19 nitrogen and oxygen atoms in total. The van der Waals surface area contributed by atoms with E-state index < -0.39 is 0 Å². The van der Waals surface area contributed by atoms with Gasteiger partial charge in [-0.05, 0) is 162 Å². The number of nitrogens with zero attached hydrogens (tertiary/aromatic N) is 13. The van der Waals surface area contributed by atoms with Gasteiger partial charge in [0, 0.05) is 150 Å². The number of aryl methyl sites for hydroxylation is 2. The van der Waals surface area contributed by atoms with Crippen molar-refractivity contribution in [3.63, 3.8) is 0 Å². The number of piperazine rings is 1. The Hall–Kier alpha value is -7.65. The highest BCUT2D eigenvalue weighted by molar-refractivity contribution is 6.31. The molecule has 6 aliphatic heterocycles. The molecule has 20 heteroatoms. The fourth-order valence-corrected chi connectivity index (χ4v) is 16.0. The molecule has 9 aromatic heterocycles.